The lowest BCUT2D eigenvalue weighted by Crippen LogP contribution is -2.27. The van der Waals surface area contributed by atoms with Gasteiger partial charge < -0.3 is 5.11 Å². The van der Waals surface area contributed by atoms with Crippen LogP contribution in [0.2, 0.25) is 0 Å². The van der Waals surface area contributed by atoms with E-state index < -0.39 is 0 Å². The minimum absolute atomic E-state index is 0.202. The van der Waals surface area contributed by atoms with Crippen LogP contribution in [0.5, 0.6) is 0 Å². The number of allylic oxidation sites excluding steroid dienone is 12. The molecule has 0 aromatic carbocycles. The number of rotatable bonds is 0. The van der Waals surface area contributed by atoms with Gasteiger partial charge in [-0.15, -0.1) is 0 Å². The van der Waals surface area contributed by atoms with E-state index in [-0.39, 0.29) is 11.8 Å². The minimum atomic E-state index is 0.202. The molecule has 3 rings (SSSR count). The predicted molar refractivity (Wildman–Crippen MR) is 75.0 cm³/mol. The van der Waals surface area contributed by atoms with E-state index in [0.717, 1.165) is 11.1 Å². The van der Waals surface area contributed by atoms with Crippen molar-refractivity contribution >= 4 is 0 Å². The van der Waals surface area contributed by atoms with E-state index in [1.165, 1.54) is 11.1 Å². The highest BCUT2D eigenvalue weighted by molar-refractivity contribution is 5.57. The van der Waals surface area contributed by atoms with Crippen LogP contribution in [-0.2, 0) is 0 Å². The predicted octanol–water partition coefficient (Wildman–Crippen LogP) is 4.17. The Morgan fingerprint density at radius 1 is 1.06 bits per heavy atom. The first-order valence-electron chi connectivity index (χ1n) is 6.25. The summed E-state index contributed by atoms with van der Waals surface area (Å²) in [5, 5.41) is 10.0. The van der Waals surface area contributed by atoms with E-state index in [0.29, 0.717) is 5.76 Å². The molecule has 0 aromatic heterocycles. The van der Waals surface area contributed by atoms with E-state index in [1.807, 2.05) is 25.2 Å². The normalized spacial score (nSPS) is 31.5. The lowest BCUT2D eigenvalue weighted by Gasteiger charge is -2.37. The first-order chi connectivity index (χ1) is 8.72. The molecule has 3 aliphatic carbocycles. The van der Waals surface area contributed by atoms with Gasteiger partial charge in [0.25, 0.3) is 0 Å². The third-order valence-electron chi connectivity index (χ3n) is 3.89. The van der Waals surface area contributed by atoms with Crippen molar-refractivity contribution in [1.29, 1.82) is 0 Å². The van der Waals surface area contributed by atoms with Crippen molar-refractivity contribution in [2.24, 2.45) is 11.8 Å². The average molecular weight is 236 g/mol. The van der Waals surface area contributed by atoms with Crippen LogP contribution < -0.4 is 0 Å². The van der Waals surface area contributed by atoms with E-state index in [2.05, 4.69) is 30.9 Å². The monoisotopic (exact) mass is 236 g/mol. The van der Waals surface area contributed by atoms with Crippen molar-refractivity contribution < 1.29 is 5.11 Å². The van der Waals surface area contributed by atoms with Crippen LogP contribution in [0, 0.1) is 11.8 Å². The number of aliphatic hydroxyl groups excluding tert-OH is 1. The fourth-order valence-electron chi connectivity index (χ4n) is 3.04. The maximum absolute atomic E-state index is 10.0. The number of hydrogen-bond donors (Lipinski definition) is 1. The van der Waals surface area contributed by atoms with Gasteiger partial charge in [-0.2, -0.15) is 0 Å². The van der Waals surface area contributed by atoms with Gasteiger partial charge in [0.1, 0.15) is 5.76 Å². The summed E-state index contributed by atoms with van der Waals surface area (Å²) < 4.78 is 0. The van der Waals surface area contributed by atoms with Gasteiger partial charge in [-0.05, 0) is 35.3 Å². The van der Waals surface area contributed by atoms with Crippen LogP contribution in [0.15, 0.2) is 83.2 Å². The average Bonchev–Trinajstić information content (AvgIpc) is 2.38. The van der Waals surface area contributed by atoms with Crippen molar-refractivity contribution in [2.45, 2.75) is 6.92 Å². The molecule has 18 heavy (non-hydrogen) atoms. The Morgan fingerprint density at radius 3 is 2.50 bits per heavy atom. The van der Waals surface area contributed by atoms with Crippen LogP contribution in [-0.4, -0.2) is 5.11 Å². The minimum Gasteiger partial charge on any atom is -0.508 e. The molecule has 0 aromatic rings. The molecule has 2 unspecified atom stereocenters. The lowest BCUT2D eigenvalue weighted by molar-refractivity contribution is 0.396. The molecule has 0 aliphatic heterocycles. The van der Waals surface area contributed by atoms with Gasteiger partial charge in [0.2, 0.25) is 0 Å². The summed E-state index contributed by atoms with van der Waals surface area (Å²) in [5.41, 5.74) is 4.64. The van der Waals surface area contributed by atoms with E-state index in [1.54, 1.807) is 6.08 Å². The molecule has 0 fully saturated rings. The van der Waals surface area contributed by atoms with Crippen LogP contribution in [0.1, 0.15) is 6.92 Å². The second-order valence-electron chi connectivity index (χ2n) is 4.85. The maximum Gasteiger partial charge on any atom is 0.119 e. The van der Waals surface area contributed by atoms with Gasteiger partial charge in [0.15, 0.2) is 0 Å². The molecule has 0 saturated carbocycles. The van der Waals surface area contributed by atoms with Gasteiger partial charge in [-0.25, -0.2) is 0 Å². The van der Waals surface area contributed by atoms with Crippen molar-refractivity contribution in [3.63, 3.8) is 0 Å². The smallest absolute Gasteiger partial charge is 0.119 e. The molecule has 0 radical (unpaired) electrons. The molecule has 1 heteroatoms. The quantitative estimate of drug-likeness (QED) is 0.669. The van der Waals surface area contributed by atoms with Gasteiger partial charge in [-0.3, -0.25) is 0 Å². The molecule has 1 nitrogen and oxygen atoms in total. The molecular formula is C17H16O. The van der Waals surface area contributed by atoms with E-state index in [9.17, 15) is 5.11 Å². The molecular weight excluding hydrogens is 220 g/mol. The Hall–Kier alpha value is -2.02. The Kier molecular flexibility index (Phi) is 2.48. The molecule has 2 atom stereocenters. The zero-order chi connectivity index (χ0) is 12.7. The van der Waals surface area contributed by atoms with Gasteiger partial charge >= 0.3 is 0 Å². The molecule has 0 saturated heterocycles. The Balaban J connectivity index is 2.17. The first kappa shape index (κ1) is 11.1. The van der Waals surface area contributed by atoms with Gasteiger partial charge in [0.05, 0.1) is 0 Å². The fraction of sp³-hybridized carbons (Fsp3) is 0.176. The third-order valence-corrected chi connectivity index (χ3v) is 3.89. The number of hydrogen-bond acceptors (Lipinski definition) is 1. The van der Waals surface area contributed by atoms with Crippen molar-refractivity contribution in [2.75, 3.05) is 0 Å². The van der Waals surface area contributed by atoms with Crippen molar-refractivity contribution in [3.05, 3.63) is 83.2 Å². The summed E-state index contributed by atoms with van der Waals surface area (Å²) in [6.45, 7) is 6.14. The summed E-state index contributed by atoms with van der Waals surface area (Å²) in [5.74, 6) is 0.838. The molecule has 90 valence electrons. The van der Waals surface area contributed by atoms with Gasteiger partial charge in [-0.1, -0.05) is 49.1 Å². The highest BCUT2D eigenvalue weighted by atomic mass is 16.3. The Morgan fingerprint density at radius 2 is 1.78 bits per heavy atom. The van der Waals surface area contributed by atoms with Crippen LogP contribution >= 0.6 is 0 Å². The lowest BCUT2D eigenvalue weighted by atomic mass is 9.66. The topological polar surface area (TPSA) is 20.2 Å². The zero-order valence-electron chi connectivity index (χ0n) is 10.4. The third kappa shape index (κ3) is 1.47. The van der Waals surface area contributed by atoms with Crippen molar-refractivity contribution in [1.82, 2.24) is 0 Å². The molecule has 0 spiro atoms. The largest absolute Gasteiger partial charge is 0.508 e. The fourth-order valence-corrected chi connectivity index (χ4v) is 3.04. The summed E-state index contributed by atoms with van der Waals surface area (Å²) in [6, 6.07) is 0. The molecule has 1 N–H and O–H groups in total. The molecule has 0 amide bonds. The van der Waals surface area contributed by atoms with Crippen molar-refractivity contribution in [3.8, 4) is 0 Å². The Bertz CT molecular complexity index is 591. The summed E-state index contributed by atoms with van der Waals surface area (Å²) >= 11 is 0. The Labute approximate surface area is 108 Å². The molecule has 0 heterocycles. The molecule has 0 bridgehead atoms. The zero-order valence-corrected chi connectivity index (χ0v) is 10.4. The van der Waals surface area contributed by atoms with Crippen LogP contribution in [0.3, 0.4) is 0 Å². The standard InChI is InChI=1S/C17H16O/c1-3-14-15(18)10-9-13-8-7-12-6-4-5-11(2)16(12)17(13)14/h3-10,16-18H,2H2,1H3/b14-3-. The number of aliphatic hydroxyl groups is 1. The van der Waals surface area contributed by atoms with Crippen LogP contribution in [0.25, 0.3) is 0 Å². The van der Waals surface area contributed by atoms with E-state index >= 15 is 0 Å². The second-order valence-corrected chi connectivity index (χ2v) is 4.85. The maximum atomic E-state index is 10.0. The van der Waals surface area contributed by atoms with Gasteiger partial charge in [0, 0.05) is 11.8 Å². The summed E-state index contributed by atoms with van der Waals surface area (Å²) in [4.78, 5) is 0. The first-order valence-corrected chi connectivity index (χ1v) is 6.25. The highest BCUT2D eigenvalue weighted by Crippen LogP contribution is 2.46. The number of fused-ring (bicyclic) bond motifs is 3. The summed E-state index contributed by atoms with van der Waals surface area (Å²) in [6.07, 6.45) is 16.3. The highest BCUT2D eigenvalue weighted by Gasteiger charge is 2.36. The second kappa shape index (κ2) is 4.02. The van der Waals surface area contributed by atoms with Crippen LogP contribution in [0.4, 0.5) is 0 Å². The summed E-state index contributed by atoms with van der Waals surface area (Å²) in [7, 11) is 0. The van der Waals surface area contributed by atoms with E-state index in [4.69, 9.17) is 0 Å². The SMILES string of the molecule is C=C1C=CC=C2C=CC3=CC=C(O)/C(=C/C)C3C12. The molecule has 3 aliphatic rings.